The van der Waals surface area contributed by atoms with E-state index < -0.39 is 0 Å². The average molecular weight is 304 g/mol. The van der Waals surface area contributed by atoms with Gasteiger partial charge in [-0.05, 0) is 40.4 Å². The van der Waals surface area contributed by atoms with Gasteiger partial charge >= 0.3 is 0 Å². The molecule has 3 rings (SSSR count). The standard InChI is InChI=1S/C15H14BrNO/c1-2-9-17-14-10(5-3-7-12(14)16)11-6-4-8-13(18)15(11)17/h2-3,5,7H,1,4,6,8-9H2. The fourth-order valence-corrected chi connectivity index (χ4v) is 3.44. The predicted molar refractivity (Wildman–Crippen MR) is 77.1 cm³/mol. The minimum Gasteiger partial charge on any atom is -0.333 e. The highest BCUT2D eigenvalue weighted by atomic mass is 79.9. The number of allylic oxidation sites excluding steroid dienone is 1. The van der Waals surface area contributed by atoms with Crippen LogP contribution in [0.25, 0.3) is 10.9 Å². The topological polar surface area (TPSA) is 22.0 Å². The molecular formula is C15H14BrNO. The largest absolute Gasteiger partial charge is 0.333 e. The highest BCUT2D eigenvalue weighted by molar-refractivity contribution is 9.10. The summed E-state index contributed by atoms with van der Waals surface area (Å²) in [6, 6.07) is 6.17. The van der Waals surface area contributed by atoms with E-state index in [0.29, 0.717) is 13.0 Å². The molecule has 2 nitrogen and oxygen atoms in total. The molecule has 92 valence electrons. The Labute approximate surface area is 114 Å². The second-order valence-corrected chi connectivity index (χ2v) is 5.49. The Balaban J connectivity index is 2.43. The Morgan fingerprint density at radius 1 is 1.39 bits per heavy atom. The van der Waals surface area contributed by atoms with Gasteiger partial charge in [-0.3, -0.25) is 4.79 Å². The van der Waals surface area contributed by atoms with Gasteiger partial charge in [0.05, 0.1) is 11.2 Å². The van der Waals surface area contributed by atoms with Gasteiger partial charge < -0.3 is 4.57 Å². The SMILES string of the molecule is C=CCn1c2c(c3cccc(Br)c31)CCCC2=O. The van der Waals surface area contributed by atoms with Crippen LogP contribution in [0.15, 0.2) is 35.3 Å². The summed E-state index contributed by atoms with van der Waals surface area (Å²) in [5.41, 5.74) is 3.23. The third-order valence-corrected chi connectivity index (χ3v) is 4.18. The van der Waals surface area contributed by atoms with E-state index in [1.54, 1.807) is 0 Å². The summed E-state index contributed by atoms with van der Waals surface area (Å²) in [7, 11) is 0. The first-order chi connectivity index (χ1) is 8.74. The Morgan fingerprint density at radius 3 is 3.00 bits per heavy atom. The van der Waals surface area contributed by atoms with Gasteiger partial charge in [0.2, 0.25) is 0 Å². The molecule has 1 aliphatic carbocycles. The first kappa shape index (κ1) is 11.7. The van der Waals surface area contributed by atoms with E-state index in [4.69, 9.17) is 0 Å². The minimum absolute atomic E-state index is 0.265. The van der Waals surface area contributed by atoms with Crippen molar-refractivity contribution < 1.29 is 4.79 Å². The molecule has 0 aliphatic heterocycles. The van der Waals surface area contributed by atoms with Gasteiger partial charge in [-0.25, -0.2) is 0 Å². The van der Waals surface area contributed by atoms with E-state index in [9.17, 15) is 4.79 Å². The first-order valence-electron chi connectivity index (χ1n) is 6.17. The summed E-state index contributed by atoms with van der Waals surface area (Å²) in [6.45, 7) is 4.48. The van der Waals surface area contributed by atoms with Crippen LogP contribution in [0.3, 0.4) is 0 Å². The molecule has 1 aliphatic rings. The molecule has 2 aromatic rings. The number of benzene rings is 1. The molecule has 0 radical (unpaired) electrons. The molecule has 0 saturated heterocycles. The molecule has 1 aromatic carbocycles. The second-order valence-electron chi connectivity index (χ2n) is 4.64. The van der Waals surface area contributed by atoms with E-state index in [1.165, 1.54) is 10.9 Å². The van der Waals surface area contributed by atoms with Crippen molar-refractivity contribution in [3.63, 3.8) is 0 Å². The molecule has 3 heteroatoms. The van der Waals surface area contributed by atoms with Crippen molar-refractivity contribution in [2.45, 2.75) is 25.8 Å². The molecule has 0 bridgehead atoms. The zero-order valence-electron chi connectivity index (χ0n) is 10.1. The lowest BCUT2D eigenvalue weighted by atomic mass is 9.94. The Hall–Kier alpha value is -1.35. The maximum atomic E-state index is 12.2. The van der Waals surface area contributed by atoms with Gasteiger partial charge in [-0.15, -0.1) is 6.58 Å². The molecule has 0 unspecified atom stereocenters. The van der Waals surface area contributed by atoms with E-state index in [0.717, 1.165) is 28.5 Å². The first-order valence-corrected chi connectivity index (χ1v) is 6.97. The van der Waals surface area contributed by atoms with Gasteiger partial charge in [-0.2, -0.15) is 0 Å². The molecule has 18 heavy (non-hydrogen) atoms. The molecular weight excluding hydrogens is 290 g/mol. The lowest BCUT2D eigenvalue weighted by Gasteiger charge is -2.13. The normalized spacial score (nSPS) is 14.8. The second kappa shape index (κ2) is 4.39. The van der Waals surface area contributed by atoms with Crippen molar-refractivity contribution in [3.8, 4) is 0 Å². The summed E-state index contributed by atoms with van der Waals surface area (Å²) in [4.78, 5) is 12.2. The zero-order valence-corrected chi connectivity index (χ0v) is 11.7. The van der Waals surface area contributed by atoms with Crippen LogP contribution >= 0.6 is 15.9 Å². The smallest absolute Gasteiger partial charge is 0.179 e. The zero-order chi connectivity index (χ0) is 12.7. The molecule has 0 atom stereocenters. The molecule has 0 fully saturated rings. The van der Waals surface area contributed by atoms with Crippen LogP contribution in [0.2, 0.25) is 0 Å². The summed E-state index contributed by atoms with van der Waals surface area (Å²) >= 11 is 3.60. The summed E-state index contributed by atoms with van der Waals surface area (Å²) in [5, 5.41) is 1.20. The number of hydrogen-bond acceptors (Lipinski definition) is 1. The molecule has 1 heterocycles. The van der Waals surface area contributed by atoms with Crippen molar-refractivity contribution in [1.82, 2.24) is 4.57 Å². The quantitative estimate of drug-likeness (QED) is 0.765. The third-order valence-electron chi connectivity index (χ3n) is 3.54. The van der Waals surface area contributed by atoms with E-state index in [1.807, 2.05) is 18.2 Å². The van der Waals surface area contributed by atoms with Crippen LogP contribution in [-0.2, 0) is 13.0 Å². The number of carbonyl (C=O) groups is 1. The predicted octanol–water partition coefficient (Wildman–Crippen LogP) is 4.11. The number of ketones is 1. The average Bonchev–Trinajstić information content (AvgIpc) is 2.68. The fourth-order valence-electron chi connectivity index (χ4n) is 2.86. The number of Topliss-reactive ketones (excluding diaryl/α,β-unsaturated/α-hetero) is 1. The van der Waals surface area contributed by atoms with Gasteiger partial charge in [-0.1, -0.05) is 18.2 Å². The van der Waals surface area contributed by atoms with Crippen LogP contribution in [0.4, 0.5) is 0 Å². The van der Waals surface area contributed by atoms with Crippen LogP contribution in [0.1, 0.15) is 28.9 Å². The lowest BCUT2D eigenvalue weighted by Crippen LogP contribution is -2.15. The Bertz CT molecular complexity index is 654. The van der Waals surface area contributed by atoms with Gasteiger partial charge in [0.25, 0.3) is 0 Å². The number of aromatic nitrogens is 1. The molecule has 0 amide bonds. The number of carbonyl (C=O) groups excluding carboxylic acids is 1. The molecule has 0 N–H and O–H groups in total. The van der Waals surface area contributed by atoms with Crippen molar-refractivity contribution >= 4 is 32.6 Å². The van der Waals surface area contributed by atoms with E-state index in [2.05, 4.69) is 33.1 Å². The fraction of sp³-hybridized carbons (Fsp3) is 0.267. The van der Waals surface area contributed by atoms with Crippen LogP contribution in [0, 0.1) is 0 Å². The third kappa shape index (κ3) is 1.57. The van der Waals surface area contributed by atoms with Crippen molar-refractivity contribution in [1.29, 1.82) is 0 Å². The number of nitrogens with zero attached hydrogens (tertiary/aromatic N) is 1. The molecule has 0 spiro atoms. The maximum absolute atomic E-state index is 12.2. The van der Waals surface area contributed by atoms with Gasteiger partial charge in [0.1, 0.15) is 0 Å². The van der Waals surface area contributed by atoms with Crippen LogP contribution in [-0.4, -0.2) is 10.4 Å². The van der Waals surface area contributed by atoms with Crippen molar-refractivity contribution in [3.05, 3.63) is 46.6 Å². The number of aryl methyl sites for hydroxylation is 1. The van der Waals surface area contributed by atoms with E-state index in [-0.39, 0.29) is 5.78 Å². The lowest BCUT2D eigenvalue weighted by molar-refractivity contribution is 0.0964. The van der Waals surface area contributed by atoms with Crippen molar-refractivity contribution in [2.24, 2.45) is 0 Å². The molecule has 1 aromatic heterocycles. The Morgan fingerprint density at radius 2 is 2.22 bits per heavy atom. The number of rotatable bonds is 2. The number of fused-ring (bicyclic) bond motifs is 3. The number of halogens is 1. The number of hydrogen-bond donors (Lipinski definition) is 0. The summed E-state index contributed by atoms with van der Waals surface area (Å²) < 4.78 is 3.15. The molecule has 0 saturated carbocycles. The van der Waals surface area contributed by atoms with Crippen LogP contribution in [0.5, 0.6) is 0 Å². The summed E-state index contributed by atoms with van der Waals surface area (Å²) in [5.74, 6) is 0.265. The minimum atomic E-state index is 0.265. The van der Waals surface area contributed by atoms with Gasteiger partial charge in [0, 0.05) is 22.8 Å². The van der Waals surface area contributed by atoms with Crippen LogP contribution < -0.4 is 0 Å². The summed E-state index contributed by atoms with van der Waals surface area (Å²) in [6.07, 6.45) is 4.48. The van der Waals surface area contributed by atoms with E-state index >= 15 is 0 Å². The highest BCUT2D eigenvalue weighted by Gasteiger charge is 2.26. The number of para-hydroxylation sites is 1. The monoisotopic (exact) mass is 303 g/mol. The van der Waals surface area contributed by atoms with Crippen molar-refractivity contribution in [2.75, 3.05) is 0 Å². The highest BCUT2D eigenvalue weighted by Crippen LogP contribution is 2.35. The van der Waals surface area contributed by atoms with Gasteiger partial charge in [0.15, 0.2) is 5.78 Å². The Kier molecular flexibility index (Phi) is 2.86. The maximum Gasteiger partial charge on any atom is 0.179 e.